The molecule has 10 heteroatoms. The first-order valence-corrected chi connectivity index (χ1v) is 15.9. The van der Waals surface area contributed by atoms with Crippen LogP contribution in [0.15, 0.2) is 97.1 Å². The van der Waals surface area contributed by atoms with Crippen molar-refractivity contribution in [3.8, 4) is 0 Å². The van der Waals surface area contributed by atoms with Crippen LogP contribution < -0.4 is 25.4 Å². The highest BCUT2D eigenvalue weighted by atomic mass is 35.5. The molecule has 0 aliphatic carbocycles. The van der Waals surface area contributed by atoms with Crippen molar-refractivity contribution < 1.29 is 14.0 Å². The molecule has 0 unspecified atom stereocenters. The number of carbonyl (C=O) groups excluding carboxylic acids is 2. The lowest BCUT2D eigenvalue weighted by atomic mass is 10.2. The predicted molar refractivity (Wildman–Crippen MR) is 188 cm³/mol. The van der Waals surface area contributed by atoms with Gasteiger partial charge in [0, 0.05) is 49.1 Å². The van der Waals surface area contributed by atoms with E-state index in [-0.39, 0.29) is 12.2 Å². The summed E-state index contributed by atoms with van der Waals surface area (Å²) in [5.41, 5.74) is 4.76. The van der Waals surface area contributed by atoms with Crippen molar-refractivity contribution in [2.45, 2.75) is 27.7 Å². The van der Waals surface area contributed by atoms with Crippen LogP contribution in [-0.4, -0.2) is 56.3 Å². The summed E-state index contributed by atoms with van der Waals surface area (Å²) in [4.78, 5) is 32.3. The Bertz CT molecular complexity index is 1600. The maximum absolute atomic E-state index is 14.7. The fourth-order valence-electron chi connectivity index (χ4n) is 5.16. The highest BCUT2D eigenvalue weighted by molar-refractivity contribution is 6.30. The van der Waals surface area contributed by atoms with Gasteiger partial charge in [-0.25, -0.2) is 19.0 Å². The molecule has 0 radical (unpaired) electrons. The molecular formula is C36H42ClFN6O2. The number of anilines is 4. The number of hydrogen-bond donors (Lipinski definition) is 2. The Hall–Kier alpha value is -4.76. The van der Waals surface area contributed by atoms with Crippen LogP contribution in [0.5, 0.6) is 0 Å². The Morgan fingerprint density at radius 2 is 1.28 bits per heavy atom. The minimum Gasteiger partial charge on any atom is -0.370 e. The molecule has 8 nitrogen and oxygen atoms in total. The third kappa shape index (κ3) is 9.14. The number of nitrogens with one attached hydrogen (secondary N) is 2. The zero-order valence-electron chi connectivity index (χ0n) is 26.8. The van der Waals surface area contributed by atoms with E-state index in [0.717, 1.165) is 29.0 Å². The maximum Gasteiger partial charge on any atom is 0.341 e. The van der Waals surface area contributed by atoms with E-state index in [1.807, 2.05) is 57.2 Å². The lowest BCUT2D eigenvalue weighted by molar-refractivity contribution is 0.198. The molecule has 4 aromatic carbocycles. The van der Waals surface area contributed by atoms with Gasteiger partial charge in [0.15, 0.2) is 0 Å². The summed E-state index contributed by atoms with van der Waals surface area (Å²) in [6.07, 6.45) is 0. The van der Waals surface area contributed by atoms with E-state index >= 15 is 0 Å². The SMILES string of the molecule is CCN(CCNC(=O)N(c1ccc(Cl)cc1)N(CCN(CC)c1cccc(C)c1)C(=O)Nc1ccccc1F)c1cccc(C)c1. The highest BCUT2D eigenvalue weighted by Gasteiger charge is 2.29. The summed E-state index contributed by atoms with van der Waals surface area (Å²) in [6.45, 7) is 11.0. The molecule has 0 bridgehead atoms. The molecule has 4 rings (SSSR count). The number of para-hydroxylation sites is 1. The van der Waals surface area contributed by atoms with Gasteiger partial charge in [-0.15, -0.1) is 0 Å². The number of amides is 4. The van der Waals surface area contributed by atoms with Crippen molar-refractivity contribution in [2.75, 3.05) is 59.4 Å². The van der Waals surface area contributed by atoms with Gasteiger partial charge < -0.3 is 20.4 Å². The molecule has 0 aromatic heterocycles. The lowest BCUT2D eigenvalue weighted by Crippen LogP contribution is -2.57. The van der Waals surface area contributed by atoms with E-state index in [1.165, 1.54) is 22.2 Å². The minimum absolute atomic E-state index is 0.0109. The molecule has 0 fully saturated rings. The molecule has 0 aliphatic heterocycles. The van der Waals surface area contributed by atoms with Gasteiger partial charge in [-0.05, 0) is 99.5 Å². The first-order chi connectivity index (χ1) is 22.2. The van der Waals surface area contributed by atoms with Gasteiger partial charge in [0.05, 0.1) is 17.9 Å². The molecule has 46 heavy (non-hydrogen) atoms. The lowest BCUT2D eigenvalue weighted by Gasteiger charge is -2.36. The van der Waals surface area contributed by atoms with Crippen molar-refractivity contribution in [3.05, 3.63) is 119 Å². The van der Waals surface area contributed by atoms with E-state index in [1.54, 1.807) is 36.4 Å². The maximum atomic E-state index is 14.7. The first kappa shape index (κ1) is 34.1. The van der Waals surface area contributed by atoms with Crippen molar-refractivity contribution in [2.24, 2.45) is 0 Å². The molecule has 4 aromatic rings. The molecule has 0 aliphatic rings. The van der Waals surface area contributed by atoms with Crippen LogP contribution in [0, 0.1) is 19.7 Å². The van der Waals surface area contributed by atoms with Gasteiger partial charge in [0.2, 0.25) is 0 Å². The Morgan fingerprint density at radius 3 is 1.85 bits per heavy atom. The molecule has 4 amide bonds. The number of carbonyl (C=O) groups is 2. The van der Waals surface area contributed by atoms with Gasteiger partial charge >= 0.3 is 12.1 Å². The number of hydrogen-bond acceptors (Lipinski definition) is 4. The van der Waals surface area contributed by atoms with Crippen molar-refractivity contribution in [3.63, 3.8) is 0 Å². The average Bonchev–Trinajstić information content (AvgIpc) is 3.04. The molecule has 242 valence electrons. The molecule has 0 spiro atoms. The fraction of sp³-hybridized carbons (Fsp3) is 0.278. The molecule has 0 saturated heterocycles. The predicted octanol–water partition coefficient (Wildman–Crippen LogP) is 8.11. The van der Waals surface area contributed by atoms with Crippen LogP contribution in [0.1, 0.15) is 25.0 Å². The monoisotopic (exact) mass is 644 g/mol. The van der Waals surface area contributed by atoms with E-state index in [2.05, 4.69) is 39.5 Å². The topological polar surface area (TPSA) is 71.2 Å². The highest BCUT2D eigenvalue weighted by Crippen LogP contribution is 2.23. The number of likely N-dealkylation sites (N-methyl/N-ethyl adjacent to an activating group) is 2. The number of benzene rings is 4. The number of urea groups is 2. The fourth-order valence-corrected chi connectivity index (χ4v) is 5.29. The van der Waals surface area contributed by atoms with Gasteiger partial charge in [-0.2, -0.15) is 5.01 Å². The van der Waals surface area contributed by atoms with Crippen LogP contribution >= 0.6 is 11.6 Å². The number of aryl methyl sites for hydroxylation is 2. The largest absolute Gasteiger partial charge is 0.370 e. The van der Waals surface area contributed by atoms with Crippen LogP contribution in [-0.2, 0) is 0 Å². The smallest absolute Gasteiger partial charge is 0.341 e. The molecule has 0 atom stereocenters. The second kappa shape index (κ2) is 16.5. The average molecular weight is 645 g/mol. The summed E-state index contributed by atoms with van der Waals surface area (Å²) in [5.74, 6) is -0.580. The van der Waals surface area contributed by atoms with Crippen molar-refractivity contribution >= 4 is 46.4 Å². The number of rotatable bonds is 12. The normalized spacial score (nSPS) is 10.7. The van der Waals surface area contributed by atoms with Gasteiger partial charge in [-0.3, -0.25) is 0 Å². The Morgan fingerprint density at radius 1 is 0.696 bits per heavy atom. The summed E-state index contributed by atoms with van der Waals surface area (Å²) < 4.78 is 14.7. The third-order valence-corrected chi connectivity index (χ3v) is 7.84. The quantitative estimate of drug-likeness (QED) is 0.153. The zero-order chi connectivity index (χ0) is 33.1. The molecule has 2 N–H and O–H groups in total. The van der Waals surface area contributed by atoms with Gasteiger partial charge in [0.1, 0.15) is 5.82 Å². The summed E-state index contributed by atoms with van der Waals surface area (Å²) in [6, 6.07) is 27.7. The standard InChI is InChI=1S/C36H42ClFN6O2/c1-5-41(31-13-9-11-27(3)25-31)22-21-39-35(45)44(30-19-17-29(37)18-20-30)43(36(46)40-34-16-8-7-15-33(34)38)24-23-42(6-2)32-14-10-12-28(4)26-32/h7-20,25-26H,5-6,21-24H2,1-4H3,(H,39,45)(H,40,46). The van der Waals surface area contributed by atoms with E-state index in [0.29, 0.717) is 36.9 Å². The van der Waals surface area contributed by atoms with Crippen molar-refractivity contribution in [1.29, 1.82) is 0 Å². The van der Waals surface area contributed by atoms with Crippen LogP contribution in [0.25, 0.3) is 0 Å². The van der Waals surface area contributed by atoms with Crippen LogP contribution in [0.3, 0.4) is 0 Å². The summed E-state index contributed by atoms with van der Waals surface area (Å²) in [7, 11) is 0. The molecule has 0 saturated carbocycles. The Balaban J connectivity index is 1.63. The minimum atomic E-state index is -0.662. The number of hydrazine groups is 1. The van der Waals surface area contributed by atoms with Gasteiger partial charge in [0.25, 0.3) is 0 Å². The Labute approximate surface area is 276 Å². The number of nitrogens with zero attached hydrogens (tertiary/aromatic N) is 4. The van der Waals surface area contributed by atoms with E-state index in [9.17, 15) is 14.0 Å². The second-order valence-corrected chi connectivity index (χ2v) is 11.3. The van der Waals surface area contributed by atoms with E-state index in [4.69, 9.17) is 11.6 Å². The second-order valence-electron chi connectivity index (χ2n) is 10.9. The number of halogens is 2. The Kier molecular flexibility index (Phi) is 12.3. The third-order valence-electron chi connectivity index (χ3n) is 7.59. The van der Waals surface area contributed by atoms with E-state index < -0.39 is 17.9 Å². The van der Waals surface area contributed by atoms with Crippen LogP contribution in [0.4, 0.5) is 36.7 Å². The molecular weight excluding hydrogens is 603 g/mol. The summed E-state index contributed by atoms with van der Waals surface area (Å²) in [5, 5.41) is 8.75. The summed E-state index contributed by atoms with van der Waals surface area (Å²) >= 11 is 6.20. The van der Waals surface area contributed by atoms with Crippen LogP contribution in [0.2, 0.25) is 5.02 Å². The van der Waals surface area contributed by atoms with Gasteiger partial charge in [-0.1, -0.05) is 48.0 Å². The van der Waals surface area contributed by atoms with Crippen molar-refractivity contribution in [1.82, 2.24) is 10.3 Å². The first-order valence-electron chi connectivity index (χ1n) is 15.5. The molecule has 0 heterocycles. The zero-order valence-corrected chi connectivity index (χ0v) is 27.6.